The van der Waals surface area contributed by atoms with Gasteiger partial charge in [0, 0.05) is 24.8 Å². The number of Topliss-reactive ketones (excluding diaryl/α,β-unsaturated/α-hetero) is 1. The van der Waals surface area contributed by atoms with Crippen molar-refractivity contribution in [2.45, 2.75) is 40.5 Å². The minimum atomic E-state index is -0.502. The van der Waals surface area contributed by atoms with Crippen LogP contribution in [-0.2, 0) is 0 Å². The zero-order valence-electron chi connectivity index (χ0n) is 13.3. The van der Waals surface area contributed by atoms with Gasteiger partial charge < -0.3 is 4.90 Å². The smallest absolute Gasteiger partial charge is 0.280 e. The molecule has 0 radical (unpaired) electrons. The maximum Gasteiger partial charge on any atom is 0.280 e. The van der Waals surface area contributed by atoms with E-state index < -0.39 is 4.92 Å². The van der Waals surface area contributed by atoms with Crippen LogP contribution in [0.4, 0.5) is 11.4 Å². The van der Waals surface area contributed by atoms with Crippen molar-refractivity contribution >= 4 is 17.2 Å². The van der Waals surface area contributed by atoms with Crippen LogP contribution >= 0.6 is 0 Å². The molecule has 0 saturated heterocycles. The molecule has 0 bridgehead atoms. The van der Waals surface area contributed by atoms with Gasteiger partial charge in [0.25, 0.3) is 5.69 Å². The second-order valence-electron chi connectivity index (χ2n) is 5.24. The summed E-state index contributed by atoms with van der Waals surface area (Å²) in [5.41, 5.74) is 0.936. The van der Waals surface area contributed by atoms with Crippen LogP contribution < -0.4 is 4.90 Å². The van der Waals surface area contributed by atoms with E-state index in [4.69, 9.17) is 0 Å². The largest absolute Gasteiger partial charge is 0.372 e. The lowest BCUT2D eigenvalue weighted by molar-refractivity contribution is -0.385. The van der Waals surface area contributed by atoms with E-state index in [0.717, 1.165) is 31.6 Å². The molecule has 116 valence electrons. The van der Waals surface area contributed by atoms with Crippen LogP contribution in [0, 0.1) is 16.0 Å². The Morgan fingerprint density at radius 3 is 2.33 bits per heavy atom. The van der Waals surface area contributed by atoms with E-state index in [1.807, 2.05) is 0 Å². The molecule has 0 saturated carbocycles. The summed E-state index contributed by atoms with van der Waals surface area (Å²) in [6, 6.07) is 4.81. The maximum absolute atomic E-state index is 11.6. The van der Waals surface area contributed by atoms with Crippen LogP contribution in [0.15, 0.2) is 18.2 Å². The molecule has 0 amide bonds. The molecular formula is C16H24N2O3. The molecule has 0 heterocycles. The first-order chi connectivity index (χ1) is 9.94. The molecule has 0 N–H and O–H groups in total. The SMILES string of the molecule is CCC(CC)CN(CC)c1ccc([N+](=O)[O-])c(C(C)=O)c1. The van der Waals surface area contributed by atoms with Gasteiger partial charge in [-0.25, -0.2) is 0 Å². The van der Waals surface area contributed by atoms with Crippen molar-refractivity contribution in [1.82, 2.24) is 0 Å². The number of hydrogen-bond donors (Lipinski definition) is 0. The highest BCUT2D eigenvalue weighted by Crippen LogP contribution is 2.26. The van der Waals surface area contributed by atoms with Gasteiger partial charge in [-0.15, -0.1) is 0 Å². The molecule has 5 heteroatoms. The van der Waals surface area contributed by atoms with Gasteiger partial charge in [0.1, 0.15) is 0 Å². The van der Waals surface area contributed by atoms with Crippen LogP contribution in [0.3, 0.4) is 0 Å². The van der Waals surface area contributed by atoms with Crippen molar-refractivity contribution in [2.75, 3.05) is 18.0 Å². The summed E-state index contributed by atoms with van der Waals surface area (Å²) in [4.78, 5) is 24.3. The highest BCUT2D eigenvalue weighted by molar-refractivity contribution is 5.99. The monoisotopic (exact) mass is 292 g/mol. The Labute approximate surface area is 126 Å². The van der Waals surface area contributed by atoms with E-state index in [1.54, 1.807) is 12.1 Å². The van der Waals surface area contributed by atoms with Gasteiger partial charge in [-0.05, 0) is 31.9 Å². The van der Waals surface area contributed by atoms with Crippen molar-refractivity contribution in [2.24, 2.45) is 5.92 Å². The number of benzene rings is 1. The van der Waals surface area contributed by atoms with E-state index in [0.29, 0.717) is 5.92 Å². The fourth-order valence-corrected chi connectivity index (χ4v) is 2.44. The first kappa shape index (κ1) is 17.1. The van der Waals surface area contributed by atoms with Crippen LogP contribution in [0.5, 0.6) is 0 Å². The summed E-state index contributed by atoms with van der Waals surface area (Å²) in [5, 5.41) is 11.0. The Bertz CT molecular complexity index is 510. The standard InChI is InChI=1S/C16H24N2O3/c1-5-13(6-2)11-17(7-3)14-8-9-16(18(20)21)15(10-14)12(4)19/h8-10,13H,5-7,11H2,1-4H3. The average molecular weight is 292 g/mol. The third kappa shape index (κ3) is 4.28. The van der Waals surface area contributed by atoms with Gasteiger partial charge >= 0.3 is 0 Å². The quantitative estimate of drug-likeness (QED) is 0.412. The molecular weight excluding hydrogens is 268 g/mol. The van der Waals surface area contributed by atoms with Crippen LogP contribution in [0.2, 0.25) is 0 Å². The third-order valence-corrected chi connectivity index (χ3v) is 3.94. The molecule has 0 unspecified atom stereocenters. The van der Waals surface area contributed by atoms with Gasteiger partial charge in [0.2, 0.25) is 0 Å². The predicted molar refractivity (Wildman–Crippen MR) is 85.1 cm³/mol. The molecule has 1 aromatic carbocycles. The molecule has 1 aromatic rings. The molecule has 0 aliphatic heterocycles. The first-order valence-corrected chi connectivity index (χ1v) is 7.48. The number of nitro groups is 1. The molecule has 0 atom stereocenters. The Kier molecular flexibility index (Phi) is 6.34. The molecule has 0 aliphatic carbocycles. The maximum atomic E-state index is 11.6. The number of hydrogen-bond acceptors (Lipinski definition) is 4. The molecule has 1 rings (SSSR count). The van der Waals surface area contributed by atoms with Crippen molar-refractivity contribution in [3.8, 4) is 0 Å². The van der Waals surface area contributed by atoms with E-state index in [1.165, 1.54) is 13.0 Å². The Hall–Kier alpha value is -1.91. The van der Waals surface area contributed by atoms with E-state index in [9.17, 15) is 14.9 Å². The topological polar surface area (TPSA) is 63.4 Å². The van der Waals surface area contributed by atoms with Crippen molar-refractivity contribution in [1.29, 1.82) is 0 Å². The average Bonchev–Trinajstić information content (AvgIpc) is 2.48. The molecule has 0 aliphatic rings. The lowest BCUT2D eigenvalue weighted by atomic mass is 10.0. The number of carbonyl (C=O) groups is 1. The van der Waals surface area contributed by atoms with Crippen LogP contribution in [0.1, 0.15) is 50.9 Å². The van der Waals surface area contributed by atoms with E-state index >= 15 is 0 Å². The number of nitro benzene ring substituents is 1. The summed E-state index contributed by atoms with van der Waals surface area (Å²) in [7, 11) is 0. The van der Waals surface area contributed by atoms with Crippen molar-refractivity contribution < 1.29 is 9.72 Å². The number of anilines is 1. The highest BCUT2D eigenvalue weighted by Gasteiger charge is 2.20. The van der Waals surface area contributed by atoms with Gasteiger partial charge in [0.15, 0.2) is 5.78 Å². The number of carbonyl (C=O) groups excluding carboxylic acids is 1. The second-order valence-corrected chi connectivity index (χ2v) is 5.24. The Morgan fingerprint density at radius 1 is 1.29 bits per heavy atom. The third-order valence-electron chi connectivity index (χ3n) is 3.94. The normalized spacial score (nSPS) is 10.7. The molecule has 0 aromatic heterocycles. The van der Waals surface area contributed by atoms with Gasteiger partial charge in [-0.2, -0.15) is 0 Å². The summed E-state index contributed by atoms with van der Waals surface area (Å²) in [6.45, 7) is 9.46. The van der Waals surface area contributed by atoms with Crippen LogP contribution in [0.25, 0.3) is 0 Å². The van der Waals surface area contributed by atoms with Crippen molar-refractivity contribution in [3.05, 3.63) is 33.9 Å². The zero-order chi connectivity index (χ0) is 16.0. The van der Waals surface area contributed by atoms with Gasteiger partial charge in [0.05, 0.1) is 10.5 Å². The first-order valence-electron chi connectivity index (χ1n) is 7.48. The van der Waals surface area contributed by atoms with Gasteiger partial charge in [-0.1, -0.05) is 26.7 Å². The summed E-state index contributed by atoms with van der Waals surface area (Å²) >= 11 is 0. The molecule has 21 heavy (non-hydrogen) atoms. The van der Waals surface area contributed by atoms with Crippen molar-refractivity contribution in [3.63, 3.8) is 0 Å². The fraction of sp³-hybridized carbons (Fsp3) is 0.562. The predicted octanol–water partition coefficient (Wildman–Crippen LogP) is 4.06. The van der Waals surface area contributed by atoms with Gasteiger partial charge in [-0.3, -0.25) is 14.9 Å². The number of ketones is 1. The molecule has 0 spiro atoms. The van der Waals surface area contributed by atoms with Crippen LogP contribution in [-0.4, -0.2) is 23.8 Å². The molecule has 0 fully saturated rings. The number of rotatable bonds is 8. The summed E-state index contributed by atoms with van der Waals surface area (Å²) in [5.74, 6) is 0.308. The fourth-order valence-electron chi connectivity index (χ4n) is 2.44. The summed E-state index contributed by atoms with van der Waals surface area (Å²) in [6.07, 6.45) is 2.19. The van der Waals surface area contributed by atoms with E-state index in [-0.39, 0.29) is 17.0 Å². The lowest BCUT2D eigenvalue weighted by Gasteiger charge is -2.27. The number of nitrogens with zero attached hydrogens (tertiary/aromatic N) is 2. The minimum Gasteiger partial charge on any atom is -0.372 e. The second kappa shape index (κ2) is 7.76. The zero-order valence-corrected chi connectivity index (χ0v) is 13.3. The lowest BCUT2D eigenvalue weighted by Crippen LogP contribution is -2.29. The van der Waals surface area contributed by atoms with E-state index in [2.05, 4.69) is 25.7 Å². The highest BCUT2D eigenvalue weighted by atomic mass is 16.6. The Morgan fingerprint density at radius 2 is 1.90 bits per heavy atom. The summed E-state index contributed by atoms with van der Waals surface area (Å²) < 4.78 is 0. The minimum absolute atomic E-state index is 0.121. The Balaban J connectivity index is 3.13. The molecule has 5 nitrogen and oxygen atoms in total.